The van der Waals surface area contributed by atoms with Crippen LogP contribution in [-0.4, -0.2) is 17.1 Å². The predicted octanol–water partition coefficient (Wildman–Crippen LogP) is 4.26. The number of thiazole rings is 1. The van der Waals surface area contributed by atoms with E-state index in [0.717, 1.165) is 5.56 Å². The Labute approximate surface area is 127 Å². The van der Waals surface area contributed by atoms with Crippen molar-refractivity contribution in [2.75, 3.05) is 0 Å². The highest BCUT2D eigenvalue weighted by molar-refractivity contribution is 7.17. The molecular weight excluding hydrogens is 327 g/mol. The summed E-state index contributed by atoms with van der Waals surface area (Å²) in [6.07, 6.45) is -5.78. The van der Waals surface area contributed by atoms with Crippen molar-refractivity contribution in [3.8, 4) is 0 Å². The number of rotatable bonds is 4. The summed E-state index contributed by atoms with van der Waals surface area (Å²) in [5, 5.41) is 0. The van der Waals surface area contributed by atoms with Crippen LogP contribution < -0.4 is 0 Å². The zero-order chi connectivity index (χ0) is 15.5. The highest BCUT2D eigenvalue weighted by Crippen LogP contribution is 2.29. The number of esters is 1. The Kier molecular flexibility index (Phi) is 4.84. The van der Waals surface area contributed by atoms with Crippen LogP contribution in [-0.2, 0) is 17.8 Å². The number of hydrogen-bond donors (Lipinski definition) is 0. The van der Waals surface area contributed by atoms with Crippen LogP contribution in [0.15, 0.2) is 30.3 Å². The lowest BCUT2D eigenvalue weighted by Gasteiger charge is -2.06. The van der Waals surface area contributed by atoms with E-state index in [2.05, 4.69) is 4.98 Å². The molecule has 112 valence electrons. The molecule has 2 rings (SSSR count). The molecule has 0 bridgehead atoms. The third kappa shape index (κ3) is 4.71. The molecule has 0 N–H and O–H groups in total. The van der Waals surface area contributed by atoms with E-state index in [1.54, 1.807) is 30.3 Å². The Balaban J connectivity index is 2.08. The quantitative estimate of drug-likeness (QED) is 0.784. The first-order valence-corrected chi connectivity index (χ1v) is 6.97. The fourth-order valence-corrected chi connectivity index (χ4v) is 2.62. The van der Waals surface area contributed by atoms with Gasteiger partial charge >= 0.3 is 12.1 Å². The summed E-state index contributed by atoms with van der Waals surface area (Å²) in [7, 11) is 0. The highest BCUT2D eigenvalue weighted by atomic mass is 35.5. The van der Waals surface area contributed by atoms with Crippen molar-refractivity contribution in [2.24, 2.45) is 0 Å². The second-order valence-corrected chi connectivity index (χ2v) is 5.68. The van der Waals surface area contributed by atoms with Gasteiger partial charge in [0.2, 0.25) is 0 Å². The normalized spacial score (nSPS) is 11.4. The SMILES string of the molecule is O=C(OCc1ccccc1)c1sc(Cl)nc1CC(F)(F)F. The van der Waals surface area contributed by atoms with Crippen LogP contribution >= 0.6 is 22.9 Å². The molecule has 0 fully saturated rings. The van der Waals surface area contributed by atoms with Gasteiger partial charge in [-0.15, -0.1) is 0 Å². The molecule has 0 atom stereocenters. The van der Waals surface area contributed by atoms with Crippen molar-refractivity contribution >= 4 is 28.9 Å². The maximum absolute atomic E-state index is 12.4. The van der Waals surface area contributed by atoms with E-state index < -0.39 is 24.3 Å². The van der Waals surface area contributed by atoms with Gasteiger partial charge in [-0.1, -0.05) is 53.3 Å². The van der Waals surface area contributed by atoms with Crippen LogP contribution in [0.1, 0.15) is 20.9 Å². The second-order valence-electron chi connectivity index (χ2n) is 4.10. The van der Waals surface area contributed by atoms with Crippen LogP contribution in [0.3, 0.4) is 0 Å². The van der Waals surface area contributed by atoms with Crippen molar-refractivity contribution in [2.45, 2.75) is 19.2 Å². The highest BCUT2D eigenvalue weighted by Gasteiger charge is 2.32. The number of alkyl halides is 3. The summed E-state index contributed by atoms with van der Waals surface area (Å²) in [5.74, 6) is -0.859. The van der Waals surface area contributed by atoms with E-state index in [4.69, 9.17) is 16.3 Å². The molecule has 0 aliphatic rings. The average Bonchev–Trinajstić information content (AvgIpc) is 2.76. The van der Waals surface area contributed by atoms with Gasteiger partial charge in [-0.3, -0.25) is 0 Å². The second kappa shape index (κ2) is 6.44. The molecule has 1 aromatic heterocycles. The van der Waals surface area contributed by atoms with Crippen LogP contribution in [0.25, 0.3) is 0 Å². The largest absolute Gasteiger partial charge is 0.457 e. The summed E-state index contributed by atoms with van der Waals surface area (Å²) in [6, 6.07) is 8.81. The maximum atomic E-state index is 12.4. The molecular formula is C13H9ClF3NO2S. The number of nitrogens with zero attached hydrogens (tertiary/aromatic N) is 1. The number of aromatic nitrogens is 1. The molecule has 0 spiro atoms. The zero-order valence-corrected chi connectivity index (χ0v) is 12.1. The number of benzene rings is 1. The molecule has 3 nitrogen and oxygen atoms in total. The summed E-state index contributed by atoms with van der Waals surface area (Å²) >= 11 is 6.27. The first-order chi connectivity index (χ1) is 9.85. The van der Waals surface area contributed by atoms with E-state index >= 15 is 0 Å². The number of hydrogen-bond acceptors (Lipinski definition) is 4. The van der Waals surface area contributed by atoms with E-state index in [-0.39, 0.29) is 16.0 Å². The molecule has 8 heteroatoms. The van der Waals surface area contributed by atoms with Gasteiger partial charge in [-0.2, -0.15) is 13.2 Å². The number of ether oxygens (including phenoxy) is 1. The summed E-state index contributed by atoms with van der Waals surface area (Å²) in [5.41, 5.74) is 0.328. The zero-order valence-electron chi connectivity index (χ0n) is 10.5. The Morgan fingerprint density at radius 2 is 1.95 bits per heavy atom. The molecule has 0 radical (unpaired) electrons. The van der Waals surface area contributed by atoms with E-state index in [0.29, 0.717) is 11.3 Å². The minimum atomic E-state index is -4.47. The fourth-order valence-electron chi connectivity index (χ4n) is 1.58. The van der Waals surface area contributed by atoms with E-state index in [1.165, 1.54) is 0 Å². The van der Waals surface area contributed by atoms with Gasteiger partial charge in [-0.05, 0) is 5.56 Å². The molecule has 0 amide bonds. The van der Waals surface area contributed by atoms with Gasteiger partial charge in [-0.25, -0.2) is 9.78 Å². The minimum absolute atomic E-state index is 0.0271. The molecule has 1 aromatic carbocycles. The third-order valence-corrected chi connectivity index (χ3v) is 3.62. The smallest absolute Gasteiger partial charge is 0.394 e. The lowest BCUT2D eigenvalue weighted by atomic mass is 10.2. The van der Waals surface area contributed by atoms with Crippen molar-refractivity contribution < 1.29 is 22.7 Å². The van der Waals surface area contributed by atoms with E-state index in [1.807, 2.05) is 0 Å². The van der Waals surface area contributed by atoms with E-state index in [9.17, 15) is 18.0 Å². The lowest BCUT2D eigenvalue weighted by Crippen LogP contribution is -2.15. The number of carbonyl (C=O) groups excluding carboxylic acids is 1. The van der Waals surface area contributed by atoms with Crippen molar-refractivity contribution in [1.29, 1.82) is 0 Å². The molecule has 0 aliphatic carbocycles. The molecule has 0 aliphatic heterocycles. The van der Waals surface area contributed by atoms with Crippen molar-refractivity contribution in [3.05, 3.63) is 50.9 Å². The summed E-state index contributed by atoms with van der Waals surface area (Å²) < 4.78 is 42.1. The number of halogens is 4. The van der Waals surface area contributed by atoms with Gasteiger partial charge in [0.25, 0.3) is 0 Å². The van der Waals surface area contributed by atoms with Crippen LogP contribution in [0, 0.1) is 0 Å². The van der Waals surface area contributed by atoms with Gasteiger partial charge in [0.05, 0.1) is 12.1 Å². The van der Waals surface area contributed by atoms with Gasteiger partial charge < -0.3 is 4.74 Å². The Morgan fingerprint density at radius 3 is 2.57 bits per heavy atom. The third-order valence-electron chi connectivity index (χ3n) is 2.44. The van der Waals surface area contributed by atoms with Crippen molar-refractivity contribution in [1.82, 2.24) is 4.98 Å². The molecule has 0 saturated carbocycles. The Morgan fingerprint density at radius 1 is 1.29 bits per heavy atom. The van der Waals surface area contributed by atoms with Gasteiger partial charge in [0, 0.05) is 0 Å². The van der Waals surface area contributed by atoms with Crippen molar-refractivity contribution in [3.63, 3.8) is 0 Å². The lowest BCUT2D eigenvalue weighted by molar-refractivity contribution is -0.127. The van der Waals surface area contributed by atoms with Crippen LogP contribution in [0.5, 0.6) is 0 Å². The molecule has 2 aromatic rings. The first-order valence-electron chi connectivity index (χ1n) is 5.78. The summed E-state index contributed by atoms with van der Waals surface area (Å²) in [6.45, 7) is -0.0271. The molecule has 21 heavy (non-hydrogen) atoms. The first kappa shape index (κ1) is 15.8. The maximum Gasteiger partial charge on any atom is 0.394 e. The van der Waals surface area contributed by atoms with Gasteiger partial charge in [0.1, 0.15) is 11.5 Å². The fraction of sp³-hybridized carbons (Fsp3) is 0.231. The predicted molar refractivity (Wildman–Crippen MR) is 72.4 cm³/mol. The average molecular weight is 336 g/mol. The van der Waals surface area contributed by atoms with Gasteiger partial charge in [0.15, 0.2) is 4.47 Å². The standard InChI is InChI=1S/C13H9ClF3NO2S/c14-12-18-9(6-13(15,16)17)10(21-12)11(19)20-7-8-4-2-1-3-5-8/h1-5H,6-7H2. The molecule has 0 saturated heterocycles. The van der Waals surface area contributed by atoms with Crippen LogP contribution in [0.2, 0.25) is 4.47 Å². The number of carbonyl (C=O) groups is 1. The molecule has 1 heterocycles. The summed E-state index contributed by atoms with van der Waals surface area (Å²) in [4.78, 5) is 15.2. The minimum Gasteiger partial charge on any atom is -0.457 e. The molecule has 0 unspecified atom stereocenters. The monoisotopic (exact) mass is 335 g/mol. The topological polar surface area (TPSA) is 39.2 Å². The Bertz CT molecular complexity index is 628. The Hall–Kier alpha value is -1.60. The van der Waals surface area contributed by atoms with Crippen LogP contribution in [0.4, 0.5) is 13.2 Å².